The molecule has 0 saturated heterocycles. The summed E-state index contributed by atoms with van der Waals surface area (Å²) in [5.74, 6) is 0.357. The van der Waals surface area contributed by atoms with Crippen LogP contribution in [0.1, 0.15) is 51.0 Å². The van der Waals surface area contributed by atoms with Crippen LogP contribution in [-0.4, -0.2) is 31.2 Å². The molecule has 92 valence electrons. The molecule has 2 aliphatic rings. The van der Waals surface area contributed by atoms with Crippen molar-refractivity contribution in [2.75, 3.05) is 0 Å². The highest BCUT2D eigenvalue weighted by atomic mass is 32.2. The Morgan fingerprint density at radius 2 is 2.00 bits per heavy atom. The van der Waals surface area contributed by atoms with Crippen LogP contribution < -0.4 is 0 Å². The third kappa shape index (κ3) is 2.22. The number of Topliss-reactive ketones (excluding diaryl/α,β-unsaturated/α-hetero) is 1. The van der Waals surface area contributed by atoms with Crippen LogP contribution in [-0.2, 0) is 4.79 Å². The normalized spacial score (nSPS) is 25.9. The van der Waals surface area contributed by atoms with Crippen molar-refractivity contribution in [1.29, 1.82) is 0 Å². The van der Waals surface area contributed by atoms with E-state index in [1.807, 2.05) is 4.68 Å². The molecule has 0 amide bonds. The molecule has 0 N–H and O–H groups in total. The number of hydrogen-bond donors (Lipinski definition) is 0. The third-order valence-corrected chi connectivity index (χ3v) is 4.89. The molecule has 0 aromatic carbocycles. The molecule has 0 radical (unpaired) electrons. The van der Waals surface area contributed by atoms with E-state index in [0.717, 1.165) is 37.3 Å². The topological polar surface area (TPSA) is 60.7 Å². The van der Waals surface area contributed by atoms with Crippen molar-refractivity contribution in [2.24, 2.45) is 0 Å². The number of rotatable bonds is 3. The zero-order valence-electron chi connectivity index (χ0n) is 9.71. The zero-order chi connectivity index (χ0) is 11.7. The van der Waals surface area contributed by atoms with Gasteiger partial charge in [-0.3, -0.25) is 4.79 Å². The molecule has 1 atom stereocenters. The lowest BCUT2D eigenvalue weighted by Gasteiger charge is -2.12. The zero-order valence-corrected chi connectivity index (χ0v) is 10.5. The first-order valence-electron chi connectivity index (χ1n) is 6.32. The SMILES string of the molecule is O=C1CCCC1Sc1nnnn1C1CCCC1. The molecule has 5 nitrogen and oxygen atoms in total. The molecule has 1 aromatic heterocycles. The largest absolute Gasteiger partial charge is 0.298 e. The number of hydrogen-bond acceptors (Lipinski definition) is 5. The van der Waals surface area contributed by atoms with Gasteiger partial charge in [-0.25, -0.2) is 4.68 Å². The minimum atomic E-state index is 0.0844. The first-order valence-corrected chi connectivity index (χ1v) is 7.20. The second-order valence-electron chi connectivity index (χ2n) is 4.81. The first kappa shape index (κ1) is 11.2. The predicted octanol–water partition coefficient (Wildman–Crippen LogP) is 2.00. The summed E-state index contributed by atoms with van der Waals surface area (Å²) in [4.78, 5) is 11.6. The van der Waals surface area contributed by atoms with Crippen molar-refractivity contribution >= 4 is 17.5 Å². The Hall–Kier alpha value is -0.910. The fraction of sp³-hybridized carbons (Fsp3) is 0.818. The molecular formula is C11H16N4OS. The summed E-state index contributed by atoms with van der Waals surface area (Å²) in [6.07, 6.45) is 7.56. The van der Waals surface area contributed by atoms with Crippen molar-refractivity contribution in [1.82, 2.24) is 20.2 Å². The lowest BCUT2D eigenvalue weighted by Crippen LogP contribution is -2.13. The van der Waals surface area contributed by atoms with Crippen molar-refractivity contribution in [3.8, 4) is 0 Å². The molecule has 6 heteroatoms. The molecule has 17 heavy (non-hydrogen) atoms. The van der Waals surface area contributed by atoms with Gasteiger partial charge in [0.1, 0.15) is 5.78 Å². The highest BCUT2D eigenvalue weighted by Gasteiger charge is 2.29. The molecular weight excluding hydrogens is 236 g/mol. The summed E-state index contributed by atoms with van der Waals surface area (Å²) in [6.45, 7) is 0. The summed E-state index contributed by atoms with van der Waals surface area (Å²) >= 11 is 1.56. The van der Waals surface area contributed by atoms with E-state index >= 15 is 0 Å². The van der Waals surface area contributed by atoms with Crippen molar-refractivity contribution in [2.45, 2.75) is 61.4 Å². The van der Waals surface area contributed by atoms with Gasteiger partial charge >= 0.3 is 0 Å². The quantitative estimate of drug-likeness (QED) is 0.823. The van der Waals surface area contributed by atoms with Crippen LogP contribution >= 0.6 is 11.8 Å². The molecule has 0 aliphatic heterocycles. The maximum atomic E-state index is 11.6. The van der Waals surface area contributed by atoms with Crippen LogP contribution in [0.5, 0.6) is 0 Å². The Balaban J connectivity index is 1.74. The van der Waals surface area contributed by atoms with Crippen molar-refractivity contribution < 1.29 is 4.79 Å². The van der Waals surface area contributed by atoms with Gasteiger partial charge in [0.15, 0.2) is 0 Å². The molecule has 1 aromatic rings. The number of carbonyl (C=O) groups is 1. The standard InChI is InChI=1S/C11H16N4OS/c16-9-6-3-7-10(9)17-11-12-13-14-15(11)8-4-1-2-5-8/h8,10H,1-7H2. The monoisotopic (exact) mass is 252 g/mol. The van der Waals surface area contributed by atoms with E-state index in [9.17, 15) is 4.79 Å². The second-order valence-corrected chi connectivity index (χ2v) is 5.98. The van der Waals surface area contributed by atoms with E-state index in [2.05, 4.69) is 15.5 Å². The number of tetrazole rings is 1. The Bertz CT molecular complexity index is 413. The van der Waals surface area contributed by atoms with Crippen LogP contribution in [0.15, 0.2) is 5.16 Å². The summed E-state index contributed by atoms with van der Waals surface area (Å²) in [7, 11) is 0. The van der Waals surface area contributed by atoms with Gasteiger partial charge in [0, 0.05) is 6.42 Å². The van der Waals surface area contributed by atoms with Gasteiger partial charge in [0.2, 0.25) is 5.16 Å². The third-order valence-electron chi connectivity index (χ3n) is 3.63. The molecule has 2 saturated carbocycles. The number of carbonyl (C=O) groups excluding carboxylic acids is 1. The van der Waals surface area contributed by atoms with Gasteiger partial charge in [-0.1, -0.05) is 24.6 Å². The molecule has 2 fully saturated rings. The molecule has 3 rings (SSSR count). The molecule has 1 unspecified atom stereocenters. The van der Waals surface area contributed by atoms with E-state index in [4.69, 9.17) is 0 Å². The van der Waals surface area contributed by atoms with Gasteiger partial charge in [-0.05, 0) is 36.1 Å². The summed E-state index contributed by atoms with van der Waals surface area (Å²) < 4.78 is 1.93. The number of aromatic nitrogens is 4. The van der Waals surface area contributed by atoms with Gasteiger partial charge in [-0.15, -0.1) is 5.10 Å². The molecule has 0 bridgehead atoms. The maximum Gasteiger partial charge on any atom is 0.210 e. The minimum absolute atomic E-state index is 0.0844. The fourth-order valence-electron chi connectivity index (χ4n) is 2.68. The fourth-order valence-corrected chi connectivity index (χ4v) is 3.84. The average Bonchev–Trinajstić information content (AvgIpc) is 3.02. The highest BCUT2D eigenvalue weighted by molar-refractivity contribution is 8.00. The summed E-state index contributed by atoms with van der Waals surface area (Å²) in [6, 6.07) is 0.448. The Morgan fingerprint density at radius 1 is 1.18 bits per heavy atom. The number of nitrogens with zero attached hydrogens (tertiary/aromatic N) is 4. The van der Waals surface area contributed by atoms with Crippen molar-refractivity contribution in [3.63, 3.8) is 0 Å². The lowest BCUT2D eigenvalue weighted by molar-refractivity contribution is -0.116. The van der Waals surface area contributed by atoms with E-state index < -0.39 is 0 Å². The van der Waals surface area contributed by atoms with Gasteiger partial charge in [0.05, 0.1) is 11.3 Å². The molecule has 1 heterocycles. The van der Waals surface area contributed by atoms with Crippen LogP contribution in [0.25, 0.3) is 0 Å². The van der Waals surface area contributed by atoms with E-state index in [-0.39, 0.29) is 5.25 Å². The Labute approximate surface area is 104 Å². The van der Waals surface area contributed by atoms with Gasteiger partial charge < -0.3 is 0 Å². The Morgan fingerprint density at radius 3 is 2.71 bits per heavy atom. The van der Waals surface area contributed by atoms with Crippen LogP contribution in [0.3, 0.4) is 0 Å². The number of ketones is 1. The summed E-state index contributed by atoms with van der Waals surface area (Å²) in [5.41, 5.74) is 0. The van der Waals surface area contributed by atoms with E-state index in [1.54, 1.807) is 11.8 Å². The predicted molar refractivity (Wildman–Crippen MR) is 63.8 cm³/mol. The molecule has 2 aliphatic carbocycles. The highest BCUT2D eigenvalue weighted by Crippen LogP contribution is 2.35. The maximum absolute atomic E-state index is 11.6. The number of thioether (sulfide) groups is 1. The van der Waals surface area contributed by atoms with Crippen molar-refractivity contribution in [3.05, 3.63) is 0 Å². The minimum Gasteiger partial charge on any atom is -0.298 e. The summed E-state index contributed by atoms with van der Waals surface area (Å²) in [5, 5.41) is 12.8. The van der Waals surface area contributed by atoms with Gasteiger partial charge in [-0.2, -0.15) is 0 Å². The van der Waals surface area contributed by atoms with Gasteiger partial charge in [0.25, 0.3) is 0 Å². The second kappa shape index (κ2) is 4.76. The van der Waals surface area contributed by atoms with E-state index in [1.165, 1.54) is 12.8 Å². The van der Waals surface area contributed by atoms with E-state index in [0.29, 0.717) is 11.8 Å². The first-order chi connectivity index (χ1) is 8.34. The molecule has 0 spiro atoms. The lowest BCUT2D eigenvalue weighted by atomic mass is 10.3. The smallest absolute Gasteiger partial charge is 0.210 e. The van der Waals surface area contributed by atoms with Crippen LogP contribution in [0, 0.1) is 0 Å². The van der Waals surface area contributed by atoms with Crippen LogP contribution in [0.2, 0.25) is 0 Å². The average molecular weight is 252 g/mol. The Kier molecular flexibility index (Phi) is 3.13. The van der Waals surface area contributed by atoms with Crippen LogP contribution in [0.4, 0.5) is 0 Å².